The van der Waals surface area contributed by atoms with Crippen LogP contribution in [0.25, 0.3) is 0 Å². The Morgan fingerprint density at radius 1 is 1.39 bits per heavy atom. The lowest BCUT2D eigenvalue weighted by Gasteiger charge is -2.14. The highest BCUT2D eigenvalue weighted by molar-refractivity contribution is 9.10. The summed E-state index contributed by atoms with van der Waals surface area (Å²) >= 11 is 8.96. The fraction of sp³-hybridized carbons (Fsp3) is 0.500. The molecule has 1 atom stereocenters. The summed E-state index contributed by atoms with van der Waals surface area (Å²) in [6.45, 7) is 1.50. The van der Waals surface area contributed by atoms with Gasteiger partial charge in [-0.2, -0.15) is 0 Å². The third kappa shape index (κ3) is 4.48. The lowest BCUT2D eigenvalue weighted by atomic mass is 10.0. The van der Waals surface area contributed by atoms with Gasteiger partial charge in [0.25, 0.3) is 0 Å². The van der Waals surface area contributed by atoms with E-state index < -0.39 is 11.9 Å². The first kappa shape index (κ1) is 15.9. The highest BCUT2D eigenvalue weighted by atomic mass is 79.9. The van der Waals surface area contributed by atoms with Crippen LogP contribution in [-0.2, 0) is 9.47 Å². The Bertz CT molecular complexity index is 393. The van der Waals surface area contributed by atoms with E-state index in [1.165, 1.54) is 0 Å². The average molecular weight is 341 g/mol. The molecule has 0 spiro atoms. The molecule has 1 unspecified atom stereocenters. The van der Waals surface area contributed by atoms with Crippen LogP contribution < -0.4 is 5.73 Å². The van der Waals surface area contributed by atoms with Crippen molar-refractivity contribution in [3.63, 3.8) is 0 Å². The van der Waals surface area contributed by atoms with E-state index in [1.54, 1.807) is 19.2 Å². The maximum atomic E-state index is 13.8. The molecule has 1 aromatic carbocycles. The Morgan fingerprint density at radius 3 is 2.78 bits per heavy atom. The Balaban J connectivity index is 2.51. The number of hydrogen-bond donors (Lipinski definition) is 1. The van der Waals surface area contributed by atoms with E-state index in [9.17, 15) is 4.39 Å². The quantitative estimate of drug-likeness (QED) is 0.612. The van der Waals surface area contributed by atoms with Crippen molar-refractivity contribution in [2.24, 2.45) is 5.73 Å². The van der Waals surface area contributed by atoms with Crippen LogP contribution >= 0.6 is 27.5 Å². The summed E-state index contributed by atoms with van der Waals surface area (Å²) in [5.74, 6) is -0.476. The minimum atomic E-state index is -0.476. The number of halogens is 3. The second kappa shape index (κ2) is 8.07. The first-order valence-corrected chi connectivity index (χ1v) is 6.70. The molecule has 0 fully saturated rings. The van der Waals surface area contributed by atoms with E-state index in [4.69, 9.17) is 26.8 Å². The summed E-state index contributed by atoms with van der Waals surface area (Å²) in [7, 11) is 1.61. The Hall–Kier alpha value is -0.200. The fourth-order valence-corrected chi connectivity index (χ4v) is 1.92. The van der Waals surface area contributed by atoms with Gasteiger partial charge in [0, 0.05) is 29.8 Å². The van der Waals surface area contributed by atoms with Crippen molar-refractivity contribution < 1.29 is 13.9 Å². The topological polar surface area (TPSA) is 44.5 Å². The van der Waals surface area contributed by atoms with Crippen LogP contribution in [0, 0.1) is 5.82 Å². The lowest BCUT2D eigenvalue weighted by Crippen LogP contribution is -2.16. The molecular formula is C12H16BrClFNO2. The van der Waals surface area contributed by atoms with Crippen LogP contribution in [0.3, 0.4) is 0 Å². The summed E-state index contributed by atoms with van der Waals surface area (Å²) in [6.07, 6.45) is 0.526. The van der Waals surface area contributed by atoms with Crippen LogP contribution in [0.2, 0.25) is 5.02 Å². The number of rotatable bonds is 7. The van der Waals surface area contributed by atoms with Gasteiger partial charge in [0.1, 0.15) is 5.82 Å². The molecule has 0 amide bonds. The van der Waals surface area contributed by atoms with Crippen LogP contribution in [0.4, 0.5) is 4.39 Å². The van der Waals surface area contributed by atoms with Crippen LogP contribution in [0.15, 0.2) is 16.6 Å². The third-order valence-corrected chi connectivity index (χ3v) is 3.73. The van der Waals surface area contributed by atoms with Crippen molar-refractivity contribution in [3.05, 3.63) is 33.0 Å². The SMILES string of the molecule is COCCOCCC(N)c1ccc(Br)c(Cl)c1F. The lowest BCUT2D eigenvalue weighted by molar-refractivity contribution is 0.0671. The molecule has 3 nitrogen and oxygen atoms in total. The highest BCUT2D eigenvalue weighted by Crippen LogP contribution is 2.30. The minimum absolute atomic E-state index is 0.0586. The second-order valence-electron chi connectivity index (χ2n) is 3.76. The van der Waals surface area contributed by atoms with Gasteiger partial charge in [0.15, 0.2) is 0 Å². The van der Waals surface area contributed by atoms with Crippen molar-refractivity contribution in [1.82, 2.24) is 0 Å². The summed E-state index contributed by atoms with van der Waals surface area (Å²) in [5, 5.41) is 0.0586. The van der Waals surface area contributed by atoms with Gasteiger partial charge in [-0.15, -0.1) is 0 Å². The molecule has 0 aliphatic rings. The summed E-state index contributed by atoms with van der Waals surface area (Å²) in [6, 6.07) is 2.88. The van der Waals surface area contributed by atoms with Crippen molar-refractivity contribution in [1.29, 1.82) is 0 Å². The summed E-state index contributed by atoms with van der Waals surface area (Å²) < 4.78 is 24.5. The number of nitrogens with two attached hydrogens (primary N) is 1. The molecule has 0 saturated carbocycles. The minimum Gasteiger partial charge on any atom is -0.382 e. The van der Waals surface area contributed by atoms with E-state index in [2.05, 4.69) is 15.9 Å². The van der Waals surface area contributed by atoms with E-state index in [0.29, 0.717) is 36.3 Å². The van der Waals surface area contributed by atoms with E-state index in [0.717, 1.165) is 0 Å². The van der Waals surface area contributed by atoms with Crippen molar-refractivity contribution in [2.45, 2.75) is 12.5 Å². The maximum Gasteiger partial charge on any atom is 0.147 e. The molecule has 1 aromatic rings. The normalized spacial score (nSPS) is 12.7. The van der Waals surface area contributed by atoms with E-state index in [-0.39, 0.29) is 5.02 Å². The van der Waals surface area contributed by atoms with E-state index in [1.807, 2.05) is 0 Å². The smallest absolute Gasteiger partial charge is 0.147 e. The number of ether oxygens (including phenoxy) is 2. The predicted molar refractivity (Wildman–Crippen MR) is 73.4 cm³/mol. The van der Waals surface area contributed by atoms with Gasteiger partial charge in [0.2, 0.25) is 0 Å². The fourth-order valence-electron chi connectivity index (χ4n) is 1.44. The standard InChI is InChI=1S/C12H16BrClFNO2/c1-17-6-7-18-5-4-10(16)8-2-3-9(13)11(14)12(8)15/h2-3,10H,4-7,16H2,1H3. The Labute approximate surface area is 120 Å². The van der Waals surface area contributed by atoms with Crippen LogP contribution in [0.1, 0.15) is 18.0 Å². The second-order valence-corrected chi connectivity index (χ2v) is 5.00. The number of methoxy groups -OCH3 is 1. The monoisotopic (exact) mass is 339 g/mol. The molecule has 1 rings (SSSR count). The zero-order valence-electron chi connectivity index (χ0n) is 10.1. The molecule has 0 aromatic heterocycles. The van der Waals surface area contributed by atoms with Gasteiger partial charge in [-0.3, -0.25) is 0 Å². The largest absolute Gasteiger partial charge is 0.382 e. The molecule has 18 heavy (non-hydrogen) atoms. The molecule has 0 aliphatic heterocycles. The van der Waals surface area contributed by atoms with Crippen molar-refractivity contribution in [2.75, 3.05) is 26.9 Å². The zero-order chi connectivity index (χ0) is 13.5. The Kier molecular flexibility index (Phi) is 7.11. The molecule has 0 aliphatic carbocycles. The van der Waals surface area contributed by atoms with Crippen molar-refractivity contribution >= 4 is 27.5 Å². The number of hydrogen-bond acceptors (Lipinski definition) is 3. The molecule has 2 N–H and O–H groups in total. The predicted octanol–water partition coefficient (Wildman–Crippen LogP) is 3.29. The van der Waals surface area contributed by atoms with Gasteiger partial charge >= 0.3 is 0 Å². The molecule has 0 heterocycles. The van der Waals surface area contributed by atoms with Gasteiger partial charge in [-0.05, 0) is 28.4 Å². The molecular weight excluding hydrogens is 324 g/mol. The average Bonchev–Trinajstić information content (AvgIpc) is 2.35. The molecule has 0 radical (unpaired) electrons. The molecule has 6 heteroatoms. The first-order chi connectivity index (χ1) is 8.57. The van der Waals surface area contributed by atoms with Crippen molar-refractivity contribution in [3.8, 4) is 0 Å². The van der Waals surface area contributed by atoms with Gasteiger partial charge < -0.3 is 15.2 Å². The molecule has 0 saturated heterocycles. The number of benzene rings is 1. The third-order valence-electron chi connectivity index (χ3n) is 2.47. The van der Waals surface area contributed by atoms with Crippen LogP contribution in [-0.4, -0.2) is 26.9 Å². The van der Waals surface area contributed by atoms with Gasteiger partial charge in [-0.25, -0.2) is 4.39 Å². The van der Waals surface area contributed by atoms with E-state index >= 15 is 0 Å². The van der Waals surface area contributed by atoms with Crippen LogP contribution in [0.5, 0.6) is 0 Å². The molecule has 0 bridgehead atoms. The Morgan fingerprint density at radius 2 is 2.11 bits per heavy atom. The first-order valence-electron chi connectivity index (χ1n) is 5.53. The highest BCUT2D eigenvalue weighted by Gasteiger charge is 2.15. The summed E-state index contributed by atoms with van der Waals surface area (Å²) in [5.41, 5.74) is 6.31. The van der Waals surface area contributed by atoms with Gasteiger partial charge in [0.05, 0.1) is 18.2 Å². The summed E-state index contributed by atoms with van der Waals surface area (Å²) in [4.78, 5) is 0. The zero-order valence-corrected chi connectivity index (χ0v) is 12.4. The van der Waals surface area contributed by atoms with Gasteiger partial charge in [-0.1, -0.05) is 17.7 Å². The molecule has 102 valence electrons. The maximum absolute atomic E-state index is 13.8.